The summed E-state index contributed by atoms with van der Waals surface area (Å²) in [6, 6.07) is 0.831. The Labute approximate surface area is 118 Å². The number of carbonyl (C=O) groups is 1. The van der Waals surface area contributed by atoms with Crippen molar-refractivity contribution in [1.82, 2.24) is 15.2 Å². The summed E-state index contributed by atoms with van der Waals surface area (Å²) in [5.41, 5.74) is 0. The molecule has 0 bridgehead atoms. The Balaban J connectivity index is 1.46. The van der Waals surface area contributed by atoms with Crippen LogP contribution in [0.4, 0.5) is 0 Å². The van der Waals surface area contributed by atoms with Gasteiger partial charge in [-0.2, -0.15) is 0 Å². The number of nitrogens with zero attached hydrogens (tertiary/aromatic N) is 2. The van der Waals surface area contributed by atoms with Crippen LogP contribution in [0.5, 0.6) is 0 Å². The summed E-state index contributed by atoms with van der Waals surface area (Å²) >= 11 is 1.70. The number of aromatic nitrogens is 1. The molecule has 1 aromatic rings. The van der Waals surface area contributed by atoms with Gasteiger partial charge in [0.25, 0.3) is 0 Å². The van der Waals surface area contributed by atoms with E-state index in [9.17, 15) is 4.79 Å². The molecule has 1 unspecified atom stereocenters. The zero-order chi connectivity index (χ0) is 13.2. The molecule has 19 heavy (non-hydrogen) atoms. The predicted molar refractivity (Wildman–Crippen MR) is 76.0 cm³/mol. The fourth-order valence-electron chi connectivity index (χ4n) is 2.73. The standard InChI is InChI=1S/C14H21N3OS/c1-10(13-15-6-9-19-13)16-12-4-7-17(8-5-12)14(18)11-2-3-11/h6,9-12,16H,2-5,7-8H2,1H3. The van der Waals surface area contributed by atoms with Crippen LogP contribution in [-0.2, 0) is 4.79 Å². The third kappa shape index (κ3) is 3.15. The van der Waals surface area contributed by atoms with Crippen molar-refractivity contribution in [2.75, 3.05) is 13.1 Å². The molecule has 1 atom stereocenters. The van der Waals surface area contributed by atoms with E-state index in [-0.39, 0.29) is 0 Å². The number of rotatable bonds is 4. The van der Waals surface area contributed by atoms with Gasteiger partial charge in [0.15, 0.2) is 0 Å². The molecule has 1 aliphatic carbocycles. The molecule has 2 aliphatic rings. The number of carbonyl (C=O) groups excluding carboxylic acids is 1. The molecule has 104 valence electrons. The molecule has 0 radical (unpaired) electrons. The largest absolute Gasteiger partial charge is 0.342 e. The Morgan fingerprint density at radius 3 is 2.74 bits per heavy atom. The van der Waals surface area contributed by atoms with Gasteiger partial charge >= 0.3 is 0 Å². The van der Waals surface area contributed by atoms with Crippen molar-refractivity contribution in [2.24, 2.45) is 5.92 Å². The van der Waals surface area contributed by atoms with Gasteiger partial charge in [-0.25, -0.2) is 4.98 Å². The molecule has 1 N–H and O–H groups in total. The lowest BCUT2D eigenvalue weighted by molar-refractivity contribution is -0.133. The summed E-state index contributed by atoms with van der Waals surface area (Å²) in [5, 5.41) is 6.80. The Morgan fingerprint density at radius 1 is 1.42 bits per heavy atom. The minimum atomic E-state index is 0.315. The van der Waals surface area contributed by atoms with E-state index in [1.165, 1.54) is 0 Å². The summed E-state index contributed by atoms with van der Waals surface area (Å²) in [4.78, 5) is 18.4. The number of hydrogen-bond acceptors (Lipinski definition) is 4. The number of amides is 1. The van der Waals surface area contributed by atoms with Crippen LogP contribution in [0.2, 0.25) is 0 Å². The molecule has 1 amide bonds. The topological polar surface area (TPSA) is 45.2 Å². The van der Waals surface area contributed by atoms with E-state index in [4.69, 9.17) is 0 Å². The van der Waals surface area contributed by atoms with E-state index in [0.717, 1.165) is 43.8 Å². The van der Waals surface area contributed by atoms with E-state index >= 15 is 0 Å². The molecule has 1 aliphatic heterocycles. The molecule has 5 heteroatoms. The molecule has 0 aromatic carbocycles. The van der Waals surface area contributed by atoms with Gasteiger partial charge in [-0.15, -0.1) is 11.3 Å². The molecular formula is C14H21N3OS. The highest BCUT2D eigenvalue weighted by Gasteiger charge is 2.35. The zero-order valence-electron chi connectivity index (χ0n) is 11.3. The SMILES string of the molecule is CC(NC1CCN(C(=O)C2CC2)CC1)c1nccs1. The Morgan fingerprint density at radius 2 is 2.16 bits per heavy atom. The first kappa shape index (κ1) is 13.1. The van der Waals surface area contributed by atoms with E-state index in [2.05, 4.69) is 22.1 Å². The average molecular weight is 279 g/mol. The van der Waals surface area contributed by atoms with Gasteiger partial charge in [0.2, 0.25) is 5.91 Å². The Hall–Kier alpha value is -0.940. The Kier molecular flexibility index (Phi) is 3.84. The zero-order valence-corrected chi connectivity index (χ0v) is 12.2. The van der Waals surface area contributed by atoms with Crippen LogP contribution in [0.25, 0.3) is 0 Å². The minimum absolute atomic E-state index is 0.315. The number of thiazole rings is 1. The second-order valence-corrected chi connectivity index (χ2v) is 6.56. The summed E-state index contributed by atoms with van der Waals surface area (Å²) in [6.45, 7) is 4.00. The molecule has 2 heterocycles. The highest BCUT2D eigenvalue weighted by molar-refractivity contribution is 7.09. The number of piperidine rings is 1. The quantitative estimate of drug-likeness (QED) is 0.919. The molecule has 0 spiro atoms. The van der Waals surface area contributed by atoms with Crippen LogP contribution < -0.4 is 5.32 Å². The fraction of sp³-hybridized carbons (Fsp3) is 0.714. The summed E-state index contributed by atoms with van der Waals surface area (Å²) in [6.07, 6.45) is 6.20. The van der Waals surface area contributed by atoms with Crippen LogP contribution in [0.15, 0.2) is 11.6 Å². The van der Waals surface area contributed by atoms with Gasteiger partial charge in [0.1, 0.15) is 5.01 Å². The van der Waals surface area contributed by atoms with Crippen LogP contribution in [0.1, 0.15) is 43.7 Å². The molecule has 1 aromatic heterocycles. The minimum Gasteiger partial charge on any atom is -0.342 e. The summed E-state index contributed by atoms with van der Waals surface area (Å²) < 4.78 is 0. The third-order valence-electron chi connectivity index (χ3n) is 4.04. The van der Waals surface area contributed by atoms with Crippen molar-refractivity contribution in [3.8, 4) is 0 Å². The number of nitrogens with one attached hydrogen (secondary N) is 1. The molecule has 4 nitrogen and oxygen atoms in total. The van der Waals surface area contributed by atoms with Gasteiger partial charge in [0.05, 0.1) is 6.04 Å². The lowest BCUT2D eigenvalue weighted by atomic mass is 10.0. The molecular weight excluding hydrogens is 258 g/mol. The number of likely N-dealkylation sites (tertiary alicyclic amines) is 1. The second-order valence-electron chi connectivity index (χ2n) is 5.63. The van der Waals surface area contributed by atoms with Crippen molar-refractivity contribution in [3.05, 3.63) is 16.6 Å². The van der Waals surface area contributed by atoms with Crippen molar-refractivity contribution in [2.45, 2.75) is 44.7 Å². The maximum absolute atomic E-state index is 12.0. The van der Waals surface area contributed by atoms with E-state index < -0.39 is 0 Å². The van der Waals surface area contributed by atoms with Gasteiger partial charge in [-0.3, -0.25) is 4.79 Å². The van der Waals surface area contributed by atoms with Crippen molar-refractivity contribution in [1.29, 1.82) is 0 Å². The maximum Gasteiger partial charge on any atom is 0.225 e. The monoisotopic (exact) mass is 279 g/mol. The molecule has 1 saturated carbocycles. The predicted octanol–water partition coefficient (Wildman–Crippen LogP) is 2.19. The van der Waals surface area contributed by atoms with Crippen LogP contribution in [0.3, 0.4) is 0 Å². The van der Waals surface area contributed by atoms with Crippen molar-refractivity contribution >= 4 is 17.2 Å². The maximum atomic E-state index is 12.0. The van der Waals surface area contributed by atoms with E-state index in [1.54, 1.807) is 11.3 Å². The van der Waals surface area contributed by atoms with Gasteiger partial charge in [0, 0.05) is 36.6 Å². The van der Waals surface area contributed by atoms with Crippen LogP contribution >= 0.6 is 11.3 Å². The first-order valence-electron chi connectivity index (χ1n) is 7.18. The third-order valence-corrected chi connectivity index (χ3v) is 5.00. The van der Waals surface area contributed by atoms with E-state index in [0.29, 0.717) is 23.9 Å². The first-order valence-corrected chi connectivity index (χ1v) is 8.06. The normalized spacial score (nSPS) is 22.5. The van der Waals surface area contributed by atoms with Gasteiger partial charge < -0.3 is 10.2 Å². The highest BCUT2D eigenvalue weighted by atomic mass is 32.1. The van der Waals surface area contributed by atoms with Gasteiger partial charge in [-0.05, 0) is 32.6 Å². The van der Waals surface area contributed by atoms with Crippen LogP contribution in [0, 0.1) is 5.92 Å². The van der Waals surface area contributed by atoms with Crippen molar-refractivity contribution in [3.63, 3.8) is 0 Å². The number of hydrogen-bond donors (Lipinski definition) is 1. The summed E-state index contributed by atoms with van der Waals surface area (Å²) in [5.74, 6) is 0.755. The fourth-order valence-corrected chi connectivity index (χ4v) is 3.38. The lowest BCUT2D eigenvalue weighted by Crippen LogP contribution is -2.45. The lowest BCUT2D eigenvalue weighted by Gasteiger charge is -2.33. The molecule has 2 fully saturated rings. The Bertz CT molecular complexity index is 422. The average Bonchev–Trinajstić information content (AvgIpc) is 3.13. The molecule has 3 rings (SSSR count). The van der Waals surface area contributed by atoms with Crippen LogP contribution in [-0.4, -0.2) is 34.9 Å². The summed E-state index contributed by atoms with van der Waals surface area (Å²) in [7, 11) is 0. The van der Waals surface area contributed by atoms with Gasteiger partial charge in [-0.1, -0.05) is 0 Å². The first-order chi connectivity index (χ1) is 9.24. The smallest absolute Gasteiger partial charge is 0.225 e. The van der Waals surface area contributed by atoms with Crippen molar-refractivity contribution < 1.29 is 4.79 Å². The molecule has 1 saturated heterocycles. The van der Waals surface area contributed by atoms with E-state index in [1.807, 2.05) is 11.6 Å². The second kappa shape index (κ2) is 5.59. The highest BCUT2D eigenvalue weighted by Crippen LogP contribution is 2.32.